The molecule has 1 aliphatic rings. The van der Waals surface area contributed by atoms with E-state index in [1.807, 2.05) is 57.5 Å². The van der Waals surface area contributed by atoms with Crippen LogP contribution in [0.2, 0.25) is 0 Å². The fourth-order valence-corrected chi connectivity index (χ4v) is 4.95. The lowest BCUT2D eigenvalue weighted by atomic mass is 9.86. The average Bonchev–Trinajstić information content (AvgIpc) is 3.38. The number of benzene rings is 1. The molecule has 1 aromatic heterocycles. The van der Waals surface area contributed by atoms with Gasteiger partial charge in [0, 0.05) is 19.5 Å². The molecule has 8 nitrogen and oxygen atoms in total. The van der Waals surface area contributed by atoms with Crippen molar-refractivity contribution in [2.24, 2.45) is 10.6 Å². The van der Waals surface area contributed by atoms with Crippen LogP contribution in [0.3, 0.4) is 0 Å². The van der Waals surface area contributed by atoms with Crippen LogP contribution in [-0.2, 0) is 16.1 Å². The fourth-order valence-electron chi connectivity index (χ4n) is 4.13. The summed E-state index contributed by atoms with van der Waals surface area (Å²) in [7, 11) is 1.73. The normalized spacial score (nSPS) is 19.6. The van der Waals surface area contributed by atoms with Crippen LogP contribution < -0.4 is 10.6 Å². The quantitative estimate of drug-likeness (QED) is 0.622. The summed E-state index contributed by atoms with van der Waals surface area (Å²) in [5, 5.41) is 9.09. The molecule has 1 saturated heterocycles. The molecule has 0 radical (unpaired) electrons. The molecule has 0 aliphatic carbocycles. The molecule has 2 amide bonds. The zero-order valence-corrected chi connectivity index (χ0v) is 20.0. The fraction of sp³-hybridized carbons (Fsp3) is 0.522. The van der Waals surface area contributed by atoms with Crippen LogP contribution in [-0.4, -0.2) is 53.4 Å². The maximum Gasteiger partial charge on any atom is 0.243 e. The van der Waals surface area contributed by atoms with Crippen molar-refractivity contribution in [3.05, 3.63) is 45.9 Å². The molecule has 2 aromatic rings. The van der Waals surface area contributed by atoms with Crippen LogP contribution >= 0.6 is 11.3 Å². The summed E-state index contributed by atoms with van der Waals surface area (Å²) in [6.07, 6.45) is 0.241. The summed E-state index contributed by atoms with van der Waals surface area (Å²) in [5.41, 5.74) is 4.53. The van der Waals surface area contributed by atoms with Gasteiger partial charge in [-0.05, 0) is 30.5 Å². The Balaban J connectivity index is 1.67. The number of rotatable bonds is 7. The third kappa shape index (κ3) is 5.21. The van der Waals surface area contributed by atoms with Crippen LogP contribution in [0.15, 0.2) is 35.0 Å². The number of hydrogen-bond donors (Lipinski definition) is 2. The predicted octanol–water partition coefficient (Wildman–Crippen LogP) is 3.10. The number of likely N-dealkylation sites (N-methyl/N-ethyl adjacent to an activating group) is 1. The second kappa shape index (κ2) is 9.87. The molecule has 1 fully saturated rings. The maximum atomic E-state index is 13.2. The Hall–Kier alpha value is -2.65. The molecule has 3 atom stereocenters. The molecule has 1 aromatic carbocycles. The van der Waals surface area contributed by atoms with Crippen molar-refractivity contribution in [3.8, 4) is 10.4 Å². The van der Waals surface area contributed by atoms with Gasteiger partial charge in [0.2, 0.25) is 11.8 Å². The molecule has 2 N–H and O–H groups in total. The molecule has 9 heteroatoms. The predicted molar refractivity (Wildman–Crippen MR) is 126 cm³/mol. The van der Waals surface area contributed by atoms with Crippen LogP contribution in [0, 0.1) is 17.2 Å². The van der Waals surface area contributed by atoms with E-state index >= 15 is 0 Å². The van der Waals surface area contributed by atoms with Crippen molar-refractivity contribution in [1.29, 1.82) is 0 Å². The lowest BCUT2D eigenvalue weighted by Gasteiger charge is -2.34. The lowest BCUT2D eigenvalue weighted by Crippen LogP contribution is -2.55. The molecule has 0 saturated carbocycles. The minimum atomic E-state index is -0.706. The molecule has 32 heavy (non-hydrogen) atoms. The molecule has 0 spiro atoms. The van der Waals surface area contributed by atoms with Gasteiger partial charge in [0.05, 0.1) is 22.1 Å². The van der Waals surface area contributed by atoms with Crippen LogP contribution in [0.1, 0.15) is 38.4 Å². The second-order valence-corrected chi connectivity index (χ2v) is 10.1. The highest BCUT2D eigenvalue weighted by molar-refractivity contribution is 7.13. The molecule has 172 valence electrons. The van der Waals surface area contributed by atoms with Crippen molar-refractivity contribution in [1.82, 2.24) is 20.5 Å². The molecule has 1 aliphatic heterocycles. The maximum absolute atomic E-state index is 13.2. The van der Waals surface area contributed by atoms with E-state index < -0.39 is 18.1 Å². The van der Waals surface area contributed by atoms with E-state index in [4.69, 9.17) is 0 Å². The summed E-state index contributed by atoms with van der Waals surface area (Å²) in [4.78, 5) is 44.3. The van der Waals surface area contributed by atoms with Gasteiger partial charge in [-0.15, -0.1) is 11.3 Å². The number of thiazole rings is 1. The van der Waals surface area contributed by atoms with Gasteiger partial charge in [0.15, 0.2) is 0 Å². The zero-order chi connectivity index (χ0) is 23.5. The van der Waals surface area contributed by atoms with Gasteiger partial charge in [-0.1, -0.05) is 50.2 Å². The van der Waals surface area contributed by atoms with Crippen molar-refractivity contribution >= 4 is 23.2 Å². The van der Waals surface area contributed by atoms with Gasteiger partial charge < -0.3 is 15.5 Å². The van der Waals surface area contributed by atoms with E-state index in [0.29, 0.717) is 6.54 Å². The third-order valence-corrected chi connectivity index (χ3v) is 6.82. The topological polar surface area (TPSA) is 104 Å². The summed E-state index contributed by atoms with van der Waals surface area (Å²) < 4.78 is 0. The van der Waals surface area contributed by atoms with E-state index in [1.54, 1.807) is 18.4 Å². The second-order valence-electron chi connectivity index (χ2n) is 9.27. The zero-order valence-electron chi connectivity index (χ0n) is 19.2. The number of hydrogen-bond acceptors (Lipinski definition) is 7. The number of nitrogens with zero attached hydrogens (tertiary/aromatic N) is 3. The Bertz CT molecular complexity index is 967. The molecule has 3 unspecified atom stereocenters. The van der Waals surface area contributed by atoms with E-state index in [0.717, 1.165) is 21.7 Å². The average molecular weight is 458 g/mol. The van der Waals surface area contributed by atoms with Crippen molar-refractivity contribution in [2.75, 3.05) is 13.6 Å². The Labute approximate surface area is 192 Å². The number of aromatic nitrogens is 1. The van der Waals surface area contributed by atoms with Crippen LogP contribution in [0.4, 0.5) is 0 Å². The van der Waals surface area contributed by atoms with E-state index in [9.17, 15) is 14.5 Å². The number of nitrogens with one attached hydrogen (secondary N) is 2. The highest BCUT2D eigenvalue weighted by Gasteiger charge is 2.44. The van der Waals surface area contributed by atoms with Crippen molar-refractivity contribution in [2.45, 2.75) is 58.8 Å². The van der Waals surface area contributed by atoms with Gasteiger partial charge >= 0.3 is 0 Å². The van der Waals surface area contributed by atoms with Gasteiger partial charge in [-0.25, -0.2) is 4.98 Å². The largest absolute Gasteiger partial charge is 0.350 e. The molecule has 0 bridgehead atoms. The van der Waals surface area contributed by atoms with E-state index in [1.165, 1.54) is 4.90 Å². The van der Waals surface area contributed by atoms with Gasteiger partial charge in [0.1, 0.15) is 12.1 Å². The monoisotopic (exact) mass is 457 g/mol. The van der Waals surface area contributed by atoms with Crippen LogP contribution in [0.5, 0.6) is 0 Å². The molecular formula is C23H31N5O3S. The SMILES string of the molecule is CNC(C(=O)N1CC(N=O)CC1C(=O)NCc1ccc(-c2scnc2C)cc1)C(C)(C)C. The van der Waals surface area contributed by atoms with Crippen molar-refractivity contribution < 1.29 is 9.59 Å². The Kier molecular flexibility index (Phi) is 7.40. The van der Waals surface area contributed by atoms with Crippen LogP contribution in [0.25, 0.3) is 10.4 Å². The highest BCUT2D eigenvalue weighted by atomic mass is 32.1. The number of likely N-dealkylation sites (tertiary alicyclic amines) is 1. The summed E-state index contributed by atoms with van der Waals surface area (Å²) in [6, 6.07) is 6.22. The first-order valence-electron chi connectivity index (χ1n) is 10.7. The Morgan fingerprint density at radius 1 is 1.28 bits per heavy atom. The number of nitroso groups, excluding NO2 is 1. The summed E-state index contributed by atoms with van der Waals surface area (Å²) in [5.74, 6) is -0.453. The summed E-state index contributed by atoms with van der Waals surface area (Å²) >= 11 is 1.60. The first kappa shape index (κ1) is 24.0. The number of amides is 2. The number of carbonyl (C=O) groups is 2. The van der Waals surface area contributed by atoms with Crippen molar-refractivity contribution in [3.63, 3.8) is 0 Å². The van der Waals surface area contributed by atoms with E-state index in [-0.39, 0.29) is 30.2 Å². The Morgan fingerprint density at radius 2 is 1.97 bits per heavy atom. The highest BCUT2D eigenvalue weighted by Crippen LogP contribution is 2.28. The van der Waals surface area contributed by atoms with E-state index in [2.05, 4.69) is 20.8 Å². The van der Waals surface area contributed by atoms with Gasteiger partial charge in [-0.3, -0.25) is 9.59 Å². The van der Waals surface area contributed by atoms with Gasteiger partial charge in [0.25, 0.3) is 0 Å². The third-order valence-electron chi connectivity index (χ3n) is 5.84. The van der Waals surface area contributed by atoms with Gasteiger partial charge in [-0.2, -0.15) is 4.91 Å². The molecule has 3 rings (SSSR count). The first-order valence-corrected chi connectivity index (χ1v) is 11.6. The Morgan fingerprint density at radius 3 is 2.50 bits per heavy atom. The standard InChI is InChI=1S/C23H31N5O3S/c1-14-19(32-13-26-14)16-8-6-15(7-9-16)11-25-21(29)18-10-17(27-31)12-28(18)22(30)20(24-5)23(2,3)4/h6-9,13,17-18,20,24H,10-12H2,1-5H3,(H,25,29). The minimum Gasteiger partial charge on any atom is -0.350 e. The number of aryl methyl sites for hydroxylation is 1. The smallest absolute Gasteiger partial charge is 0.243 e. The first-order chi connectivity index (χ1) is 15.2. The summed E-state index contributed by atoms with van der Waals surface area (Å²) in [6.45, 7) is 8.37. The number of carbonyl (C=O) groups excluding carboxylic acids is 2. The molecular weight excluding hydrogens is 426 g/mol. The molecule has 2 heterocycles. The lowest BCUT2D eigenvalue weighted by molar-refractivity contribution is -0.142. The minimum absolute atomic E-state index is 0.164.